The molecule has 0 aromatic heterocycles. The van der Waals surface area contributed by atoms with E-state index < -0.39 is 17.4 Å². The van der Waals surface area contributed by atoms with Crippen LogP contribution in [0.5, 0.6) is 0 Å². The van der Waals surface area contributed by atoms with Gasteiger partial charge in [-0.25, -0.2) is 9.59 Å². The third-order valence-corrected chi connectivity index (χ3v) is 4.49. The van der Waals surface area contributed by atoms with Gasteiger partial charge in [0, 0.05) is 11.1 Å². The SMILES string of the molecule is CCc1c2[nH]c3cc(C(=O)O)ccc3cc-2c(=O)c(C(=O)O)c1CC. The number of carboxylic acids is 2. The summed E-state index contributed by atoms with van der Waals surface area (Å²) >= 11 is 0. The van der Waals surface area contributed by atoms with E-state index in [0.29, 0.717) is 40.6 Å². The molecule has 6 heteroatoms. The lowest BCUT2D eigenvalue weighted by Gasteiger charge is -2.18. The van der Waals surface area contributed by atoms with E-state index in [1.807, 2.05) is 13.8 Å². The van der Waals surface area contributed by atoms with Crippen molar-refractivity contribution in [2.24, 2.45) is 0 Å². The van der Waals surface area contributed by atoms with Crippen LogP contribution in [0.3, 0.4) is 0 Å². The van der Waals surface area contributed by atoms with Gasteiger partial charge < -0.3 is 15.2 Å². The second kappa shape index (κ2) is 6.05. The molecule has 3 N–H and O–H groups in total. The fourth-order valence-electron chi connectivity index (χ4n) is 3.35. The smallest absolute Gasteiger partial charge is 0.340 e. The van der Waals surface area contributed by atoms with Crippen LogP contribution in [0, 0.1) is 0 Å². The maximum Gasteiger partial charge on any atom is 0.340 e. The molecule has 0 radical (unpaired) electrons. The van der Waals surface area contributed by atoms with Crippen molar-refractivity contribution < 1.29 is 19.8 Å². The minimum Gasteiger partial charge on any atom is -0.478 e. The van der Waals surface area contributed by atoms with Crippen LogP contribution >= 0.6 is 0 Å². The molecule has 1 aromatic rings. The molecule has 1 aliphatic heterocycles. The predicted molar refractivity (Wildman–Crippen MR) is 93.9 cm³/mol. The van der Waals surface area contributed by atoms with Crippen molar-refractivity contribution in [2.75, 3.05) is 0 Å². The first kappa shape index (κ1) is 16.7. The number of hydrogen-bond donors (Lipinski definition) is 3. The molecule has 0 fully saturated rings. The molecule has 1 aromatic carbocycles. The van der Waals surface area contributed by atoms with Crippen molar-refractivity contribution in [1.29, 1.82) is 0 Å². The summed E-state index contributed by atoms with van der Waals surface area (Å²) in [4.78, 5) is 38.7. The van der Waals surface area contributed by atoms with Gasteiger partial charge in [-0.2, -0.15) is 0 Å². The van der Waals surface area contributed by atoms with Crippen molar-refractivity contribution in [3.05, 3.63) is 56.7 Å². The lowest BCUT2D eigenvalue weighted by atomic mass is 9.88. The Kier molecular flexibility index (Phi) is 4.04. The Morgan fingerprint density at radius 1 is 1.00 bits per heavy atom. The summed E-state index contributed by atoms with van der Waals surface area (Å²) in [6.07, 6.45) is 0.984. The zero-order valence-electron chi connectivity index (χ0n) is 13.8. The Balaban J connectivity index is 2.50. The average Bonchev–Trinajstić information content (AvgIpc) is 2.59. The van der Waals surface area contributed by atoms with E-state index in [-0.39, 0.29) is 11.1 Å². The van der Waals surface area contributed by atoms with Crippen LogP contribution in [0.25, 0.3) is 22.2 Å². The van der Waals surface area contributed by atoms with E-state index >= 15 is 0 Å². The van der Waals surface area contributed by atoms with Crippen LogP contribution in [-0.2, 0) is 12.8 Å². The number of carbonyl (C=O) groups is 2. The lowest BCUT2D eigenvalue weighted by Crippen LogP contribution is -2.23. The van der Waals surface area contributed by atoms with Gasteiger partial charge in [-0.1, -0.05) is 19.9 Å². The molecule has 25 heavy (non-hydrogen) atoms. The van der Waals surface area contributed by atoms with Crippen LogP contribution in [0.2, 0.25) is 0 Å². The van der Waals surface area contributed by atoms with E-state index in [1.165, 1.54) is 12.1 Å². The highest BCUT2D eigenvalue weighted by molar-refractivity contribution is 5.97. The van der Waals surface area contributed by atoms with Gasteiger partial charge in [-0.3, -0.25) is 4.79 Å². The normalized spacial score (nSPS) is 11.1. The molecule has 128 valence electrons. The molecule has 0 amide bonds. The van der Waals surface area contributed by atoms with Gasteiger partial charge in [0.05, 0.1) is 11.3 Å². The topological polar surface area (TPSA) is 107 Å². The standard InChI is InChI=1S/C19H17NO5/c1-3-11-12(4-2)16-13(17(21)15(11)19(24)25)7-9-5-6-10(18(22)23)8-14(9)20-16/h5-8,20H,3-4H2,1-2H3,(H,22,23)(H,24,25). The third-order valence-electron chi connectivity index (χ3n) is 4.49. The molecule has 1 heterocycles. The summed E-state index contributed by atoms with van der Waals surface area (Å²) in [5, 5.41) is 19.3. The number of pyridine rings is 1. The van der Waals surface area contributed by atoms with Crippen LogP contribution in [0.1, 0.15) is 45.7 Å². The van der Waals surface area contributed by atoms with E-state index in [9.17, 15) is 19.5 Å². The summed E-state index contributed by atoms with van der Waals surface area (Å²) in [7, 11) is 0. The van der Waals surface area contributed by atoms with Crippen LogP contribution < -0.4 is 5.43 Å². The average molecular weight is 339 g/mol. The third kappa shape index (κ3) is 2.55. The molecule has 1 aliphatic carbocycles. The lowest BCUT2D eigenvalue weighted by molar-refractivity contribution is 0.0684. The highest BCUT2D eigenvalue weighted by Crippen LogP contribution is 2.30. The number of carboxylic acid groups (broad SMARTS) is 2. The number of hydrogen-bond acceptors (Lipinski definition) is 3. The molecule has 3 rings (SSSR count). The molecular formula is C19H17NO5. The molecule has 6 nitrogen and oxygen atoms in total. The molecule has 0 bridgehead atoms. The van der Waals surface area contributed by atoms with E-state index in [4.69, 9.17) is 5.11 Å². The van der Waals surface area contributed by atoms with Crippen molar-refractivity contribution in [3.63, 3.8) is 0 Å². The summed E-state index contributed by atoms with van der Waals surface area (Å²) in [5.41, 5.74) is 2.22. The van der Waals surface area contributed by atoms with E-state index in [2.05, 4.69) is 4.98 Å². The Morgan fingerprint density at radius 3 is 2.24 bits per heavy atom. The highest BCUT2D eigenvalue weighted by Gasteiger charge is 2.25. The number of fused-ring (bicyclic) bond motifs is 2. The fraction of sp³-hybridized carbons (Fsp3) is 0.211. The van der Waals surface area contributed by atoms with Gasteiger partial charge in [-0.05, 0) is 47.6 Å². The number of H-pyrrole nitrogens is 1. The molecule has 0 unspecified atom stereocenters. The van der Waals surface area contributed by atoms with Crippen molar-refractivity contribution >= 4 is 22.8 Å². The van der Waals surface area contributed by atoms with Gasteiger partial charge in [0.25, 0.3) is 0 Å². The van der Waals surface area contributed by atoms with Crippen LogP contribution in [0.15, 0.2) is 29.1 Å². The molecule has 0 saturated heterocycles. The Hall–Kier alpha value is -3.15. The first-order chi connectivity index (χ1) is 11.9. The van der Waals surface area contributed by atoms with Crippen molar-refractivity contribution in [3.8, 4) is 11.3 Å². The minimum atomic E-state index is -1.22. The number of rotatable bonds is 4. The quantitative estimate of drug-likeness (QED) is 0.633. The zero-order chi connectivity index (χ0) is 18.3. The first-order valence-corrected chi connectivity index (χ1v) is 8.00. The second-order valence-corrected chi connectivity index (χ2v) is 5.84. The summed E-state index contributed by atoms with van der Waals surface area (Å²) in [5.74, 6) is -2.26. The Morgan fingerprint density at radius 2 is 1.68 bits per heavy atom. The Labute approximate surface area is 143 Å². The number of nitrogens with one attached hydrogen (secondary N) is 1. The molecule has 0 atom stereocenters. The van der Waals surface area contributed by atoms with Crippen molar-refractivity contribution in [2.45, 2.75) is 26.7 Å². The maximum absolute atomic E-state index is 12.7. The largest absolute Gasteiger partial charge is 0.478 e. The highest BCUT2D eigenvalue weighted by atomic mass is 16.4. The molecule has 0 spiro atoms. The molecular weight excluding hydrogens is 322 g/mol. The summed E-state index contributed by atoms with van der Waals surface area (Å²) < 4.78 is 0. The first-order valence-electron chi connectivity index (χ1n) is 8.00. The summed E-state index contributed by atoms with van der Waals surface area (Å²) in [6.45, 7) is 3.71. The van der Waals surface area contributed by atoms with Gasteiger partial charge in [0.2, 0.25) is 5.43 Å². The van der Waals surface area contributed by atoms with Gasteiger partial charge >= 0.3 is 11.9 Å². The van der Waals surface area contributed by atoms with E-state index in [0.717, 1.165) is 5.56 Å². The molecule has 0 saturated carbocycles. The van der Waals surface area contributed by atoms with Gasteiger partial charge in [0.1, 0.15) is 5.56 Å². The zero-order valence-corrected chi connectivity index (χ0v) is 13.8. The number of aromatic amines is 1. The number of aromatic carboxylic acids is 2. The molecule has 2 aliphatic rings. The Bertz CT molecular complexity index is 1050. The van der Waals surface area contributed by atoms with Gasteiger partial charge in [0.15, 0.2) is 0 Å². The van der Waals surface area contributed by atoms with Crippen LogP contribution in [-0.4, -0.2) is 27.1 Å². The maximum atomic E-state index is 12.7. The van der Waals surface area contributed by atoms with E-state index in [1.54, 1.807) is 12.1 Å². The van der Waals surface area contributed by atoms with Gasteiger partial charge in [-0.15, -0.1) is 0 Å². The second-order valence-electron chi connectivity index (χ2n) is 5.84. The summed E-state index contributed by atoms with van der Waals surface area (Å²) in [6, 6.07) is 6.19. The van der Waals surface area contributed by atoms with Crippen LogP contribution in [0.4, 0.5) is 0 Å². The number of benzene rings is 2. The fourth-order valence-corrected chi connectivity index (χ4v) is 3.35. The monoisotopic (exact) mass is 339 g/mol. The predicted octanol–water partition coefficient (Wildman–Crippen LogP) is 3.15. The van der Waals surface area contributed by atoms with Crippen molar-refractivity contribution in [1.82, 2.24) is 4.98 Å². The number of aromatic nitrogens is 1. The minimum absolute atomic E-state index is 0.140.